The summed E-state index contributed by atoms with van der Waals surface area (Å²) in [7, 11) is 0. The van der Waals surface area contributed by atoms with Crippen molar-refractivity contribution in [1.82, 2.24) is 20.1 Å². The fraction of sp³-hybridized carbons (Fsp3) is 0.471. The molecule has 122 valence electrons. The van der Waals surface area contributed by atoms with Gasteiger partial charge in [0.05, 0.1) is 18.6 Å². The van der Waals surface area contributed by atoms with Gasteiger partial charge in [0.2, 0.25) is 5.91 Å². The Hall–Kier alpha value is -2.21. The summed E-state index contributed by atoms with van der Waals surface area (Å²) in [5.74, 6) is 0.0548. The molecule has 1 fully saturated rings. The molecule has 0 saturated carbocycles. The number of aromatic nitrogens is 3. The van der Waals surface area contributed by atoms with Crippen molar-refractivity contribution >= 4 is 5.91 Å². The third kappa shape index (κ3) is 4.16. The highest BCUT2D eigenvalue weighted by Crippen LogP contribution is 2.20. The van der Waals surface area contributed by atoms with Crippen molar-refractivity contribution in [2.45, 2.75) is 39.0 Å². The quantitative estimate of drug-likeness (QED) is 0.913. The van der Waals surface area contributed by atoms with Crippen molar-refractivity contribution in [3.63, 3.8) is 0 Å². The van der Waals surface area contributed by atoms with E-state index in [2.05, 4.69) is 27.5 Å². The van der Waals surface area contributed by atoms with Gasteiger partial charge in [-0.1, -0.05) is 24.3 Å². The Kier molecular flexibility index (Phi) is 5.02. The molecule has 6 nitrogen and oxygen atoms in total. The average molecular weight is 314 g/mol. The molecule has 1 aliphatic heterocycles. The summed E-state index contributed by atoms with van der Waals surface area (Å²) >= 11 is 0. The van der Waals surface area contributed by atoms with Crippen LogP contribution in [-0.4, -0.2) is 33.4 Å². The molecule has 0 aliphatic carbocycles. The molecule has 0 spiro atoms. The van der Waals surface area contributed by atoms with E-state index in [0.717, 1.165) is 30.6 Å². The van der Waals surface area contributed by atoms with Gasteiger partial charge in [0, 0.05) is 13.2 Å². The maximum absolute atomic E-state index is 12.3. The number of carbonyl (C=O) groups excluding carboxylic acids is 1. The van der Waals surface area contributed by atoms with E-state index in [-0.39, 0.29) is 17.9 Å². The normalized spacial score (nSPS) is 21.1. The Morgan fingerprint density at radius 1 is 1.35 bits per heavy atom. The Morgan fingerprint density at radius 2 is 2.13 bits per heavy atom. The molecule has 0 unspecified atom stereocenters. The molecule has 2 aromatic rings. The molecule has 1 aliphatic rings. The van der Waals surface area contributed by atoms with Crippen molar-refractivity contribution < 1.29 is 9.53 Å². The zero-order valence-corrected chi connectivity index (χ0v) is 13.3. The number of nitrogens with one attached hydrogen (secondary N) is 1. The number of carbonyl (C=O) groups is 1. The van der Waals surface area contributed by atoms with Crippen LogP contribution in [0.4, 0.5) is 0 Å². The van der Waals surface area contributed by atoms with E-state index in [9.17, 15) is 4.79 Å². The maximum atomic E-state index is 12.3. The van der Waals surface area contributed by atoms with E-state index in [1.165, 1.54) is 6.33 Å². The molecule has 6 heteroatoms. The number of nitrogens with zero attached hydrogens (tertiary/aromatic N) is 3. The molecule has 1 aromatic heterocycles. The van der Waals surface area contributed by atoms with E-state index < -0.39 is 0 Å². The summed E-state index contributed by atoms with van der Waals surface area (Å²) in [6, 6.07) is 8.17. The van der Waals surface area contributed by atoms with Crippen LogP contribution in [0.15, 0.2) is 36.9 Å². The van der Waals surface area contributed by atoms with E-state index in [1.807, 2.05) is 19.1 Å². The summed E-state index contributed by atoms with van der Waals surface area (Å²) in [5, 5.41) is 7.11. The molecule has 1 amide bonds. The zero-order chi connectivity index (χ0) is 16.1. The Labute approximate surface area is 135 Å². The zero-order valence-electron chi connectivity index (χ0n) is 13.3. The lowest BCUT2D eigenvalue weighted by Crippen LogP contribution is -2.39. The molecule has 0 bridgehead atoms. The number of amides is 1. The first-order valence-corrected chi connectivity index (χ1v) is 8.02. The SMILES string of the molecule is C[C@H]1OCCC[C@H]1C(=O)NCc1ccc(Cn2cncn2)cc1. The van der Waals surface area contributed by atoms with E-state index in [0.29, 0.717) is 13.1 Å². The highest BCUT2D eigenvalue weighted by atomic mass is 16.5. The van der Waals surface area contributed by atoms with Crippen molar-refractivity contribution in [3.8, 4) is 0 Å². The van der Waals surface area contributed by atoms with Crippen molar-refractivity contribution in [2.75, 3.05) is 6.61 Å². The van der Waals surface area contributed by atoms with Crippen molar-refractivity contribution in [3.05, 3.63) is 48.0 Å². The summed E-state index contributed by atoms with van der Waals surface area (Å²) in [6.07, 6.45) is 5.10. The minimum Gasteiger partial charge on any atom is -0.378 e. The van der Waals surface area contributed by atoms with Crippen LogP contribution < -0.4 is 5.32 Å². The van der Waals surface area contributed by atoms with Gasteiger partial charge in [0.1, 0.15) is 12.7 Å². The lowest BCUT2D eigenvalue weighted by molar-refractivity contribution is -0.133. The number of hydrogen-bond acceptors (Lipinski definition) is 4. The van der Waals surface area contributed by atoms with Gasteiger partial charge in [-0.3, -0.25) is 4.79 Å². The first-order valence-electron chi connectivity index (χ1n) is 8.02. The highest BCUT2D eigenvalue weighted by Gasteiger charge is 2.28. The van der Waals surface area contributed by atoms with Gasteiger partial charge in [-0.05, 0) is 30.9 Å². The van der Waals surface area contributed by atoms with Gasteiger partial charge in [-0.15, -0.1) is 0 Å². The molecule has 2 heterocycles. The number of ether oxygens (including phenoxy) is 1. The second-order valence-electron chi connectivity index (χ2n) is 5.95. The predicted molar refractivity (Wildman–Crippen MR) is 85.6 cm³/mol. The summed E-state index contributed by atoms with van der Waals surface area (Å²) in [4.78, 5) is 16.2. The van der Waals surface area contributed by atoms with Crippen LogP contribution in [0.3, 0.4) is 0 Å². The van der Waals surface area contributed by atoms with Gasteiger partial charge in [-0.2, -0.15) is 5.10 Å². The van der Waals surface area contributed by atoms with Gasteiger partial charge in [-0.25, -0.2) is 9.67 Å². The minimum atomic E-state index is -0.0321. The van der Waals surface area contributed by atoms with Gasteiger partial charge >= 0.3 is 0 Å². The van der Waals surface area contributed by atoms with Gasteiger partial charge in [0.15, 0.2) is 0 Å². The first kappa shape index (κ1) is 15.7. The van der Waals surface area contributed by atoms with Crippen molar-refractivity contribution in [2.24, 2.45) is 5.92 Å². The first-order chi connectivity index (χ1) is 11.2. The van der Waals surface area contributed by atoms with Gasteiger partial charge < -0.3 is 10.1 Å². The second kappa shape index (κ2) is 7.37. The van der Waals surface area contributed by atoms with Crippen LogP contribution in [0.2, 0.25) is 0 Å². The van der Waals surface area contributed by atoms with Crippen LogP contribution in [0.5, 0.6) is 0 Å². The molecule has 23 heavy (non-hydrogen) atoms. The van der Waals surface area contributed by atoms with Crippen LogP contribution in [0, 0.1) is 5.92 Å². The second-order valence-corrected chi connectivity index (χ2v) is 5.95. The van der Waals surface area contributed by atoms with Crippen LogP contribution >= 0.6 is 0 Å². The molecule has 1 N–H and O–H groups in total. The monoisotopic (exact) mass is 314 g/mol. The highest BCUT2D eigenvalue weighted by molar-refractivity contribution is 5.79. The Balaban J connectivity index is 1.51. The molecular formula is C17H22N4O2. The van der Waals surface area contributed by atoms with Crippen LogP contribution in [0.25, 0.3) is 0 Å². The third-order valence-electron chi connectivity index (χ3n) is 4.24. The molecule has 3 rings (SSSR count). The van der Waals surface area contributed by atoms with Crippen LogP contribution in [-0.2, 0) is 22.6 Å². The standard InChI is InChI=1S/C17H22N4O2/c1-13-16(3-2-8-23-13)17(22)19-9-14-4-6-15(7-5-14)10-21-12-18-11-20-21/h4-7,11-13,16H,2-3,8-10H2,1H3,(H,19,22)/t13-,16-/m1/s1. The minimum absolute atomic E-state index is 0.00815. The predicted octanol–water partition coefficient (Wildman–Crippen LogP) is 1.76. The molecule has 1 aromatic carbocycles. The molecule has 0 radical (unpaired) electrons. The fourth-order valence-corrected chi connectivity index (χ4v) is 2.85. The smallest absolute Gasteiger partial charge is 0.225 e. The number of hydrogen-bond donors (Lipinski definition) is 1. The number of benzene rings is 1. The van der Waals surface area contributed by atoms with E-state index in [4.69, 9.17) is 4.74 Å². The maximum Gasteiger partial charge on any atom is 0.225 e. The summed E-state index contributed by atoms with van der Waals surface area (Å²) < 4.78 is 7.33. The summed E-state index contributed by atoms with van der Waals surface area (Å²) in [5.41, 5.74) is 2.24. The Bertz CT molecular complexity index is 625. The summed E-state index contributed by atoms with van der Waals surface area (Å²) in [6.45, 7) is 3.98. The lowest BCUT2D eigenvalue weighted by Gasteiger charge is -2.28. The van der Waals surface area contributed by atoms with E-state index >= 15 is 0 Å². The number of rotatable bonds is 5. The average Bonchev–Trinajstić information content (AvgIpc) is 3.07. The topological polar surface area (TPSA) is 69.0 Å². The van der Waals surface area contributed by atoms with Crippen molar-refractivity contribution in [1.29, 1.82) is 0 Å². The third-order valence-corrected chi connectivity index (χ3v) is 4.24. The Morgan fingerprint density at radius 3 is 2.83 bits per heavy atom. The fourth-order valence-electron chi connectivity index (χ4n) is 2.85. The largest absolute Gasteiger partial charge is 0.378 e. The molecular weight excluding hydrogens is 292 g/mol. The molecule has 1 saturated heterocycles. The van der Waals surface area contributed by atoms with E-state index in [1.54, 1.807) is 11.0 Å². The molecule has 2 atom stereocenters. The lowest BCUT2D eigenvalue weighted by atomic mass is 9.94. The van der Waals surface area contributed by atoms with Gasteiger partial charge in [0.25, 0.3) is 0 Å². The van der Waals surface area contributed by atoms with Crippen LogP contribution in [0.1, 0.15) is 30.9 Å².